The molecule has 15 heavy (non-hydrogen) atoms. The zero-order chi connectivity index (χ0) is 11.7. The van der Waals surface area contributed by atoms with Crippen molar-refractivity contribution in [3.8, 4) is 0 Å². The highest BCUT2D eigenvalue weighted by atomic mass is 19.3. The highest BCUT2D eigenvalue weighted by Crippen LogP contribution is 2.44. The fourth-order valence-corrected chi connectivity index (χ4v) is 1.88. The Hall–Kier alpha value is -1.07. The van der Waals surface area contributed by atoms with Crippen molar-refractivity contribution in [3.05, 3.63) is 4.91 Å². The van der Waals surface area contributed by atoms with Gasteiger partial charge in [-0.25, -0.2) is 8.78 Å². The minimum Gasteiger partial charge on any atom is -0.481 e. The van der Waals surface area contributed by atoms with E-state index in [0.29, 0.717) is 0 Å². The van der Waals surface area contributed by atoms with Gasteiger partial charge in [0.25, 0.3) is 0 Å². The Morgan fingerprint density at radius 3 is 2.13 bits per heavy atom. The van der Waals surface area contributed by atoms with Crippen molar-refractivity contribution in [1.82, 2.24) is 0 Å². The van der Waals surface area contributed by atoms with Gasteiger partial charge in [-0.1, -0.05) is 5.18 Å². The van der Waals surface area contributed by atoms with E-state index in [1.54, 1.807) is 0 Å². The molecule has 0 heterocycles. The third-order valence-corrected chi connectivity index (χ3v) is 3.21. The van der Waals surface area contributed by atoms with E-state index in [9.17, 15) is 18.5 Å². The average molecular weight is 221 g/mol. The summed E-state index contributed by atoms with van der Waals surface area (Å²) >= 11 is 0. The maximum absolute atomic E-state index is 12.9. The second kappa shape index (κ2) is 3.83. The molecule has 6 heteroatoms. The third kappa shape index (κ3) is 2.30. The fraction of sp³-hybridized carbons (Fsp3) is 0.889. The number of nitrogens with zero attached hydrogens (tertiary/aromatic N) is 1. The Bertz CT molecular complexity index is 271. The number of nitroso groups, excluding NO2 is 1. The molecule has 0 aromatic carbocycles. The van der Waals surface area contributed by atoms with Gasteiger partial charge >= 0.3 is 5.97 Å². The van der Waals surface area contributed by atoms with Crippen LogP contribution in [0.3, 0.4) is 0 Å². The smallest absolute Gasteiger partial charge is 0.308 e. The largest absolute Gasteiger partial charge is 0.481 e. The summed E-state index contributed by atoms with van der Waals surface area (Å²) in [7, 11) is 0. The minimum atomic E-state index is -2.79. The normalized spacial score (nSPS) is 25.5. The zero-order valence-corrected chi connectivity index (χ0v) is 8.37. The lowest BCUT2D eigenvalue weighted by molar-refractivity contribution is -0.145. The number of rotatable bonds is 3. The number of hydrogen-bond donors (Lipinski definition) is 1. The van der Waals surface area contributed by atoms with Crippen molar-refractivity contribution < 1.29 is 18.7 Å². The Morgan fingerprint density at radius 2 is 1.80 bits per heavy atom. The summed E-state index contributed by atoms with van der Waals surface area (Å²) in [5.74, 6) is -4.96. The lowest BCUT2D eigenvalue weighted by Crippen LogP contribution is -2.44. The minimum absolute atomic E-state index is 0.156. The molecular formula is C9H13F2NO3. The summed E-state index contributed by atoms with van der Waals surface area (Å²) in [4.78, 5) is 21.4. The topological polar surface area (TPSA) is 66.7 Å². The number of carbonyl (C=O) groups is 1. The van der Waals surface area contributed by atoms with Crippen molar-refractivity contribution in [3.63, 3.8) is 0 Å². The quantitative estimate of drug-likeness (QED) is 0.744. The number of alkyl halides is 2. The molecule has 1 aliphatic carbocycles. The Kier molecular flexibility index (Phi) is 3.06. The van der Waals surface area contributed by atoms with Gasteiger partial charge in [-0.15, -0.1) is 0 Å². The average Bonchev–Trinajstić information content (AvgIpc) is 2.18. The van der Waals surface area contributed by atoms with Crippen molar-refractivity contribution in [1.29, 1.82) is 0 Å². The van der Waals surface area contributed by atoms with E-state index in [1.807, 2.05) is 0 Å². The predicted molar refractivity (Wildman–Crippen MR) is 48.7 cm³/mol. The van der Waals surface area contributed by atoms with Gasteiger partial charge in [-0.05, 0) is 19.8 Å². The number of aliphatic carboxylic acids is 1. The van der Waals surface area contributed by atoms with Crippen LogP contribution in [0.25, 0.3) is 0 Å². The molecule has 0 saturated heterocycles. The fourth-order valence-electron chi connectivity index (χ4n) is 1.88. The van der Waals surface area contributed by atoms with E-state index in [4.69, 9.17) is 5.11 Å². The first-order valence-electron chi connectivity index (χ1n) is 4.78. The van der Waals surface area contributed by atoms with Crippen LogP contribution in [0.1, 0.15) is 32.6 Å². The van der Waals surface area contributed by atoms with Crippen molar-refractivity contribution >= 4 is 5.97 Å². The van der Waals surface area contributed by atoms with E-state index >= 15 is 0 Å². The second-order valence-electron chi connectivity index (χ2n) is 4.11. The second-order valence-corrected chi connectivity index (χ2v) is 4.11. The monoisotopic (exact) mass is 221 g/mol. The van der Waals surface area contributed by atoms with Crippen LogP contribution in [-0.2, 0) is 4.79 Å². The molecule has 0 aromatic rings. The summed E-state index contributed by atoms with van der Waals surface area (Å²) in [6, 6.07) is 0. The first-order valence-corrected chi connectivity index (χ1v) is 4.78. The van der Waals surface area contributed by atoms with Gasteiger partial charge in [0, 0.05) is 12.8 Å². The van der Waals surface area contributed by atoms with E-state index < -0.39 is 36.2 Å². The summed E-state index contributed by atoms with van der Waals surface area (Å²) in [6.45, 7) is 1.34. The number of carboxylic acids is 1. The summed E-state index contributed by atoms with van der Waals surface area (Å²) < 4.78 is 25.7. The van der Waals surface area contributed by atoms with Gasteiger partial charge in [-0.3, -0.25) is 4.79 Å². The lowest BCUT2D eigenvalue weighted by Gasteiger charge is -2.36. The number of hydrogen-bond acceptors (Lipinski definition) is 3. The molecule has 0 amide bonds. The molecule has 1 saturated carbocycles. The predicted octanol–water partition coefficient (Wildman–Crippen LogP) is 2.42. The van der Waals surface area contributed by atoms with Gasteiger partial charge in [0.1, 0.15) is 5.54 Å². The molecule has 1 unspecified atom stereocenters. The number of halogens is 2. The Labute approximate surface area is 85.6 Å². The van der Waals surface area contributed by atoms with Crippen LogP contribution in [-0.4, -0.2) is 22.5 Å². The van der Waals surface area contributed by atoms with Crippen molar-refractivity contribution in [2.75, 3.05) is 0 Å². The SMILES string of the molecule is CC(C(=O)O)C1(N=O)CCC(F)(F)CC1. The standard InChI is InChI=1S/C9H13F2NO3/c1-6(7(13)14)8(12-15)2-4-9(10,11)5-3-8/h6H,2-5H2,1H3,(H,13,14). The molecule has 4 nitrogen and oxygen atoms in total. The molecule has 0 radical (unpaired) electrons. The van der Waals surface area contributed by atoms with Crippen LogP contribution in [0.4, 0.5) is 8.78 Å². The molecule has 1 N–H and O–H groups in total. The van der Waals surface area contributed by atoms with Crippen LogP contribution in [0.2, 0.25) is 0 Å². The van der Waals surface area contributed by atoms with Crippen LogP contribution in [0.5, 0.6) is 0 Å². The van der Waals surface area contributed by atoms with E-state index in [-0.39, 0.29) is 12.8 Å². The van der Waals surface area contributed by atoms with Gasteiger partial charge in [0.15, 0.2) is 0 Å². The van der Waals surface area contributed by atoms with Crippen LogP contribution in [0, 0.1) is 10.8 Å². The summed E-state index contributed by atoms with van der Waals surface area (Å²) in [5.41, 5.74) is -1.35. The Balaban J connectivity index is 2.81. The third-order valence-electron chi connectivity index (χ3n) is 3.21. The first-order chi connectivity index (χ1) is 6.83. The first kappa shape index (κ1) is 12.0. The van der Waals surface area contributed by atoms with Gasteiger partial charge < -0.3 is 5.11 Å². The number of carboxylic acid groups (broad SMARTS) is 1. The van der Waals surface area contributed by atoms with Crippen molar-refractivity contribution in [2.24, 2.45) is 11.1 Å². The van der Waals surface area contributed by atoms with E-state index in [0.717, 1.165) is 0 Å². The maximum atomic E-state index is 12.9. The van der Waals surface area contributed by atoms with Gasteiger partial charge in [0.05, 0.1) is 5.92 Å². The lowest BCUT2D eigenvalue weighted by atomic mass is 9.73. The molecule has 1 rings (SSSR count). The Morgan fingerprint density at radius 1 is 1.33 bits per heavy atom. The van der Waals surface area contributed by atoms with Crippen molar-refractivity contribution in [2.45, 2.75) is 44.1 Å². The van der Waals surface area contributed by atoms with E-state index in [1.165, 1.54) is 6.92 Å². The van der Waals surface area contributed by atoms with Gasteiger partial charge in [-0.2, -0.15) is 4.91 Å². The highest BCUT2D eigenvalue weighted by molar-refractivity contribution is 5.71. The molecule has 0 spiro atoms. The summed E-state index contributed by atoms with van der Waals surface area (Å²) in [6.07, 6.45) is -1.24. The van der Waals surface area contributed by atoms with Crippen LogP contribution < -0.4 is 0 Å². The molecule has 0 aromatic heterocycles. The zero-order valence-electron chi connectivity index (χ0n) is 8.37. The van der Waals surface area contributed by atoms with Crippen LogP contribution >= 0.6 is 0 Å². The van der Waals surface area contributed by atoms with Gasteiger partial charge in [0.2, 0.25) is 5.92 Å². The molecular weight excluding hydrogens is 208 g/mol. The molecule has 0 bridgehead atoms. The molecule has 1 aliphatic rings. The maximum Gasteiger partial charge on any atom is 0.308 e. The molecule has 1 fully saturated rings. The highest BCUT2D eigenvalue weighted by Gasteiger charge is 2.49. The molecule has 0 aliphatic heterocycles. The van der Waals surface area contributed by atoms with E-state index in [2.05, 4.69) is 5.18 Å². The van der Waals surface area contributed by atoms with Crippen LogP contribution in [0.15, 0.2) is 5.18 Å². The molecule has 1 atom stereocenters. The summed E-state index contributed by atoms with van der Waals surface area (Å²) in [5, 5.41) is 11.6. The molecule has 86 valence electrons.